The Balaban J connectivity index is 1.45. The van der Waals surface area contributed by atoms with Gasteiger partial charge in [-0.25, -0.2) is 9.18 Å². The van der Waals surface area contributed by atoms with Crippen LogP contribution in [0, 0.1) is 5.82 Å². The lowest BCUT2D eigenvalue weighted by Gasteiger charge is -2.14. The van der Waals surface area contributed by atoms with Gasteiger partial charge in [-0.15, -0.1) is 0 Å². The molecule has 196 valence electrons. The van der Waals surface area contributed by atoms with Crippen LogP contribution in [0.4, 0.5) is 15.8 Å². The number of carbonyl (C=O) groups excluding carboxylic acids is 2. The van der Waals surface area contributed by atoms with Gasteiger partial charge in [-0.05, 0) is 73.5 Å². The smallest absolute Gasteiger partial charge is 0.331 e. The number of anilines is 2. The highest BCUT2D eigenvalue weighted by molar-refractivity contribution is 5.92. The fourth-order valence-corrected chi connectivity index (χ4v) is 4.05. The van der Waals surface area contributed by atoms with Crippen molar-refractivity contribution >= 4 is 34.1 Å². The Bertz CT molecular complexity index is 1560. The highest BCUT2D eigenvalue weighted by atomic mass is 19.1. The summed E-state index contributed by atoms with van der Waals surface area (Å²) in [6, 6.07) is 18.9. The maximum Gasteiger partial charge on any atom is 0.331 e. The monoisotopic (exact) mass is 518 g/mol. The quantitative estimate of drug-likeness (QED) is 0.311. The molecule has 0 bridgehead atoms. The van der Waals surface area contributed by atoms with Crippen LogP contribution in [-0.4, -0.2) is 28.1 Å². The van der Waals surface area contributed by atoms with Crippen molar-refractivity contribution in [1.82, 2.24) is 9.13 Å². The van der Waals surface area contributed by atoms with E-state index in [4.69, 9.17) is 4.74 Å². The van der Waals surface area contributed by atoms with Crippen LogP contribution >= 0.6 is 0 Å². The first-order chi connectivity index (χ1) is 18.4. The van der Waals surface area contributed by atoms with Gasteiger partial charge >= 0.3 is 5.69 Å². The zero-order valence-corrected chi connectivity index (χ0v) is 20.8. The molecule has 0 atom stereocenters. The third-order valence-electron chi connectivity index (χ3n) is 5.97. The van der Waals surface area contributed by atoms with Crippen molar-refractivity contribution in [2.75, 3.05) is 17.7 Å². The molecule has 3 aromatic carbocycles. The minimum Gasteiger partial charge on any atom is -0.497 e. The molecular formula is C28H27FN4O5. The number of ether oxygens (including phenoxy) is 1. The summed E-state index contributed by atoms with van der Waals surface area (Å²) < 4.78 is 20.5. The van der Waals surface area contributed by atoms with Gasteiger partial charge in [0, 0.05) is 24.3 Å². The molecule has 4 aromatic rings. The van der Waals surface area contributed by atoms with Crippen LogP contribution in [0.5, 0.6) is 5.75 Å². The molecule has 1 aromatic heterocycles. The molecule has 0 aliphatic heterocycles. The molecular weight excluding hydrogens is 491 g/mol. The molecule has 4 rings (SSSR count). The average molecular weight is 519 g/mol. The largest absolute Gasteiger partial charge is 0.497 e. The molecule has 0 aliphatic rings. The number of hydrogen-bond acceptors (Lipinski definition) is 5. The van der Waals surface area contributed by atoms with Crippen molar-refractivity contribution in [3.8, 4) is 5.75 Å². The van der Waals surface area contributed by atoms with E-state index in [0.717, 1.165) is 4.57 Å². The van der Waals surface area contributed by atoms with Gasteiger partial charge in [-0.2, -0.15) is 0 Å². The van der Waals surface area contributed by atoms with E-state index >= 15 is 0 Å². The molecule has 0 radical (unpaired) electrons. The summed E-state index contributed by atoms with van der Waals surface area (Å²) in [5.74, 6) is -0.432. The first kappa shape index (κ1) is 26.3. The highest BCUT2D eigenvalue weighted by Gasteiger charge is 2.15. The zero-order chi connectivity index (χ0) is 27.1. The van der Waals surface area contributed by atoms with Crippen LogP contribution in [0.15, 0.2) is 82.4 Å². The van der Waals surface area contributed by atoms with Gasteiger partial charge in [0.25, 0.3) is 5.56 Å². The van der Waals surface area contributed by atoms with Crippen LogP contribution in [0.3, 0.4) is 0 Å². The summed E-state index contributed by atoms with van der Waals surface area (Å²) in [4.78, 5) is 51.3. The molecule has 0 saturated heterocycles. The van der Waals surface area contributed by atoms with Gasteiger partial charge in [-0.3, -0.25) is 23.5 Å². The number of amides is 2. The second-order valence-electron chi connectivity index (χ2n) is 8.63. The van der Waals surface area contributed by atoms with E-state index in [1.165, 1.54) is 28.8 Å². The van der Waals surface area contributed by atoms with E-state index in [2.05, 4.69) is 10.6 Å². The lowest BCUT2D eigenvalue weighted by atomic mass is 10.2. The summed E-state index contributed by atoms with van der Waals surface area (Å²) in [6.07, 6.45) is 0.976. The lowest BCUT2D eigenvalue weighted by Crippen LogP contribution is -2.41. The standard InChI is InChI=1S/C28H27FN4O5/c1-38-22-15-13-21(14-16-22)31-26(35)18-33-24-7-3-2-6-23(24)27(36)32(28(33)37)17-5-4-8-25(34)30-20-11-9-19(29)10-12-20/h2-3,6-7,9-16H,4-5,8,17-18H2,1H3,(H,30,34)(H,31,35). The summed E-state index contributed by atoms with van der Waals surface area (Å²) in [6.45, 7) is -0.196. The Morgan fingerprint density at radius 1 is 0.816 bits per heavy atom. The Morgan fingerprint density at radius 2 is 1.45 bits per heavy atom. The van der Waals surface area contributed by atoms with Crippen LogP contribution < -0.4 is 26.6 Å². The number of unbranched alkanes of at least 4 members (excludes halogenated alkanes) is 1. The molecule has 0 saturated carbocycles. The number of nitrogens with one attached hydrogen (secondary N) is 2. The zero-order valence-electron chi connectivity index (χ0n) is 20.8. The van der Waals surface area contributed by atoms with Gasteiger partial charge in [0.15, 0.2) is 0 Å². The molecule has 0 fully saturated rings. The van der Waals surface area contributed by atoms with E-state index in [1.54, 1.807) is 55.6 Å². The minimum absolute atomic E-state index is 0.0897. The Labute approximate surface area is 217 Å². The number of aromatic nitrogens is 2. The van der Waals surface area contributed by atoms with Crippen molar-refractivity contribution in [3.63, 3.8) is 0 Å². The fourth-order valence-electron chi connectivity index (χ4n) is 4.05. The van der Waals surface area contributed by atoms with Crippen molar-refractivity contribution in [3.05, 3.63) is 99.5 Å². The van der Waals surface area contributed by atoms with E-state index in [0.29, 0.717) is 40.9 Å². The number of halogens is 1. The number of hydrogen-bond donors (Lipinski definition) is 2. The summed E-state index contributed by atoms with van der Waals surface area (Å²) in [7, 11) is 1.54. The molecule has 38 heavy (non-hydrogen) atoms. The Morgan fingerprint density at radius 3 is 2.13 bits per heavy atom. The van der Waals surface area contributed by atoms with E-state index in [-0.39, 0.29) is 25.4 Å². The van der Waals surface area contributed by atoms with Crippen molar-refractivity contribution < 1.29 is 18.7 Å². The van der Waals surface area contributed by atoms with Crippen molar-refractivity contribution in [2.45, 2.75) is 32.4 Å². The Hall–Kier alpha value is -4.73. The molecule has 10 heteroatoms. The topological polar surface area (TPSA) is 111 Å². The number of nitrogens with zero attached hydrogens (tertiary/aromatic N) is 2. The van der Waals surface area contributed by atoms with Crippen LogP contribution in [0.2, 0.25) is 0 Å². The third-order valence-corrected chi connectivity index (χ3v) is 5.97. The molecule has 1 heterocycles. The first-order valence-electron chi connectivity index (χ1n) is 12.1. The predicted octanol–water partition coefficient (Wildman–Crippen LogP) is 3.76. The van der Waals surface area contributed by atoms with E-state index in [9.17, 15) is 23.6 Å². The summed E-state index contributed by atoms with van der Waals surface area (Å²) >= 11 is 0. The second kappa shape index (κ2) is 12.0. The average Bonchev–Trinajstić information content (AvgIpc) is 2.92. The summed E-state index contributed by atoms with van der Waals surface area (Å²) in [5, 5.41) is 5.75. The van der Waals surface area contributed by atoms with Crippen LogP contribution in [0.1, 0.15) is 19.3 Å². The highest BCUT2D eigenvalue weighted by Crippen LogP contribution is 2.15. The lowest BCUT2D eigenvalue weighted by molar-refractivity contribution is -0.117. The van der Waals surface area contributed by atoms with Gasteiger partial charge in [0.05, 0.1) is 18.0 Å². The van der Waals surface area contributed by atoms with Gasteiger partial charge in [0.1, 0.15) is 18.1 Å². The molecule has 9 nitrogen and oxygen atoms in total. The first-order valence-corrected chi connectivity index (χ1v) is 12.1. The number of para-hydroxylation sites is 1. The number of fused-ring (bicyclic) bond motifs is 1. The van der Waals surface area contributed by atoms with Crippen LogP contribution in [0.25, 0.3) is 10.9 Å². The van der Waals surface area contributed by atoms with E-state index in [1.807, 2.05) is 0 Å². The molecule has 2 N–H and O–H groups in total. The maximum atomic E-state index is 13.3. The number of methoxy groups -OCH3 is 1. The molecule has 0 unspecified atom stereocenters. The van der Waals surface area contributed by atoms with Crippen molar-refractivity contribution in [2.24, 2.45) is 0 Å². The number of rotatable bonds is 10. The number of carbonyl (C=O) groups is 2. The third kappa shape index (κ3) is 6.33. The molecule has 2 amide bonds. The van der Waals surface area contributed by atoms with E-state index < -0.39 is 23.0 Å². The summed E-state index contributed by atoms with van der Waals surface area (Å²) in [5.41, 5.74) is 0.336. The second-order valence-corrected chi connectivity index (χ2v) is 8.63. The maximum absolute atomic E-state index is 13.3. The molecule has 0 aliphatic carbocycles. The van der Waals surface area contributed by atoms with Gasteiger partial charge in [-0.1, -0.05) is 12.1 Å². The van der Waals surface area contributed by atoms with Crippen molar-refractivity contribution in [1.29, 1.82) is 0 Å². The van der Waals surface area contributed by atoms with Gasteiger partial charge < -0.3 is 15.4 Å². The number of benzene rings is 3. The Kier molecular flexibility index (Phi) is 8.32. The van der Waals surface area contributed by atoms with Gasteiger partial charge in [0.2, 0.25) is 11.8 Å². The van der Waals surface area contributed by atoms with Crippen LogP contribution in [-0.2, 0) is 22.7 Å². The minimum atomic E-state index is -0.602. The molecule has 0 spiro atoms. The predicted molar refractivity (Wildman–Crippen MR) is 143 cm³/mol. The normalized spacial score (nSPS) is 10.8. The fraction of sp³-hybridized carbons (Fsp3) is 0.214. The SMILES string of the molecule is COc1ccc(NC(=O)Cn2c(=O)n(CCCCC(=O)Nc3ccc(F)cc3)c(=O)c3ccccc32)cc1.